The molecule has 2 nitrogen and oxygen atoms in total. The Morgan fingerprint density at radius 3 is 3.00 bits per heavy atom. The predicted octanol–water partition coefficient (Wildman–Crippen LogP) is 2.34. The summed E-state index contributed by atoms with van der Waals surface area (Å²) in [7, 11) is -2.43. The van der Waals surface area contributed by atoms with E-state index in [0.717, 1.165) is 0 Å². The lowest BCUT2D eigenvalue weighted by atomic mass is 10.7. The molecular weight excluding hydrogens is 135 g/mol. The molecule has 1 unspecified atom stereocenters. The lowest BCUT2D eigenvalue weighted by Gasteiger charge is -1.99. The van der Waals surface area contributed by atoms with Gasteiger partial charge in [0.05, 0.1) is 6.61 Å². The minimum absolute atomic E-state index is 0.488. The fraction of sp³-hybridized carbons (Fsp3) is 0.333. The molecule has 1 heterocycles. The number of rotatable bonds is 1. The minimum Gasteiger partial charge on any atom is -0.319 e. The van der Waals surface area contributed by atoms with Gasteiger partial charge >= 0.3 is 0 Å². The summed E-state index contributed by atoms with van der Waals surface area (Å²) in [5.74, 6) is 3.24. The van der Waals surface area contributed by atoms with Crippen LogP contribution < -0.4 is 0 Å². The number of hydrogen-bond acceptors (Lipinski definition) is 2. The number of hydrogen-bond donors (Lipinski definition) is 0. The third-order valence-corrected chi connectivity index (χ3v) is 2.94. The Bertz CT molecular complexity index is 193. The number of allylic oxidation sites excluding steroid dienone is 1. The van der Waals surface area contributed by atoms with Crippen molar-refractivity contribution in [3.8, 4) is 0 Å². The molecule has 0 bridgehead atoms. The van der Waals surface area contributed by atoms with Gasteiger partial charge in [0.25, 0.3) is 0 Å². The van der Waals surface area contributed by atoms with E-state index in [4.69, 9.17) is 4.52 Å². The van der Waals surface area contributed by atoms with Gasteiger partial charge in [-0.15, -0.1) is 0 Å². The first kappa shape index (κ1) is 6.79. The van der Waals surface area contributed by atoms with Crippen molar-refractivity contribution in [2.45, 2.75) is 6.92 Å². The van der Waals surface area contributed by atoms with Gasteiger partial charge in [-0.25, -0.2) is 0 Å². The highest BCUT2D eigenvalue weighted by Gasteiger charge is 2.17. The third-order valence-electron chi connectivity index (χ3n) is 1.04. The molecule has 1 atom stereocenters. The van der Waals surface area contributed by atoms with Crippen LogP contribution in [0.5, 0.6) is 0 Å². The Labute approximate surface area is 54.7 Å². The molecule has 0 N–H and O–H groups in total. The van der Waals surface area contributed by atoms with Crippen LogP contribution in [0.3, 0.4) is 0 Å². The molecule has 0 amide bonds. The molecular formula is C6H9O2P. The SMILES string of the molecule is C/C=C\P1(=O)C=CCO1. The molecule has 1 aliphatic heterocycles. The Morgan fingerprint density at radius 1 is 1.78 bits per heavy atom. The van der Waals surface area contributed by atoms with Crippen molar-refractivity contribution in [3.63, 3.8) is 0 Å². The van der Waals surface area contributed by atoms with Gasteiger partial charge in [-0.2, -0.15) is 0 Å². The van der Waals surface area contributed by atoms with Crippen LogP contribution in [0, 0.1) is 0 Å². The summed E-state index contributed by atoms with van der Waals surface area (Å²) in [5.41, 5.74) is 0. The van der Waals surface area contributed by atoms with Crippen LogP contribution in [-0.4, -0.2) is 6.61 Å². The fourth-order valence-corrected chi connectivity index (χ4v) is 2.08. The van der Waals surface area contributed by atoms with E-state index in [9.17, 15) is 4.57 Å². The highest BCUT2D eigenvalue weighted by Crippen LogP contribution is 2.52. The second-order valence-electron chi connectivity index (χ2n) is 1.81. The third kappa shape index (κ3) is 1.54. The molecule has 1 rings (SSSR count). The summed E-state index contributed by atoms with van der Waals surface area (Å²) in [6.07, 6.45) is 3.53. The molecule has 9 heavy (non-hydrogen) atoms. The van der Waals surface area contributed by atoms with E-state index in [0.29, 0.717) is 6.61 Å². The highest BCUT2D eigenvalue weighted by atomic mass is 31.2. The van der Waals surface area contributed by atoms with E-state index in [1.807, 2.05) is 6.92 Å². The van der Waals surface area contributed by atoms with E-state index in [-0.39, 0.29) is 0 Å². The standard InChI is InChI=1S/C6H9O2P/c1-2-5-9(7)6-3-4-8-9/h2-3,5-6H,4H2,1H3/b5-2-. The van der Waals surface area contributed by atoms with Crippen LogP contribution >= 0.6 is 7.37 Å². The van der Waals surface area contributed by atoms with Crippen molar-refractivity contribution in [3.05, 3.63) is 23.8 Å². The molecule has 0 fully saturated rings. The zero-order chi connectivity index (χ0) is 6.74. The van der Waals surface area contributed by atoms with Crippen LogP contribution in [0.25, 0.3) is 0 Å². The van der Waals surface area contributed by atoms with E-state index >= 15 is 0 Å². The van der Waals surface area contributed by atoms with Gasteiger partial charge in [0.1, 0.15) is 0 Å². The first-order chi connectivity index (χ1) is 4.27. The summed E-state index contributed by atoms with van der Waals surface area (Å²) >= 11 is 0. The van der Waals surface area contributed by atoms with Crippen molar-refractivity contribution in [2.24, 2.45) is 0 Å². The summed E-state index contributed by atoms with van der Waals surface area (Å²) in [4.78, 5) is 0. The fourth-order valence-electron chi connectivity index (χ4n) is 0.693. The first-order valence-corrected chi connectivity index (χ1v) is 4.59. The highest BCUT2D eigenvalue weighted by molar-refractivity contribution is 7.65. The zero-order valence-electron chi connectivity index (χ0n) is 5.28. The van der Waals surface area contributed by atoms with E-state index in [2.05, 4.69) is 0 Å². The van der Waals surface area contributed by atoms with Gasteiger partial charge in [0, 0.05) is 11.6 Å². The molecule has 1 aliphatic rings. The average Bonchev–Trinajstić information content (AvgIpc) is 2.16. The van der Waals surface area contributed by atoms with Crippen molar-refractivity contribution in [1.82, 2.24) is 0 Å². The summed E-state index contributed by atoms with van der Waals surface area (Å²) < 4.78 is 16.2. The Kier molecular flexibility index (Phi) is 1.89. The molecule has 0 aromatic heterocycles. The van der Waals surface area contributed by atoms with Crippen molar-refractivity contribution in [1.29, 1.82) is 0 Å². The van der Waals surface area contributed by atoms with Gasteiger partial charge in [0.2, 0.25) is 7.37 Å². The largest absolute Gasteiger partial charge is 0.319 e. The maximum atomic E-state index is 11.2. The van der Waals surface area contributed by atoms with Crippen LogP contribution in [0.2, 0.25) is 0 Å². The molecule has 50 valence electrons. The smallest absolute Gasteiger partial charge is 0.246 e. The van der Waals surface area contributed by atoms with E-state index in [1.54, 1.807) is 23.8 Å². The van der Waals surface area contributed by atoms with Crippen molar-refractivity contribution in [2.75, 3.05) is 6.61 Å². The lowest BCUT2D eigenvalue weighted by molar-refractivity contribution is 0.378. The van der Waals surface area contributed by atoms with Gasteiger partial charge in [-0.05, 0) is 6.92 Å². The average molecular weight is 144 g/mol. The van der Waals surface area contributed by atoms with Crippen molar-refractivity contribution >= 4 is 7.37 Å². The molecule has 0 spiro atoms. The first-order valence-electron chi connectivity index (χ1n) is 2.82. The normalized spacial score (nSPS) is 34.3. The lowest BCUT2D eigenvalue weighted by Crippen LogP contribution is -1.74. The summed E-state index contributed by atoms with van der Waals surface area (Å²) in [5, 5.41) is 0. The minimum atomic E-state index is -2.43. The zero-order valence-corrected chi connectivity index (χ0v) is 6.17. The monoisotopic (exact) mass is 144 g/mol. The van der Waals surface area contributed by atoms with Crippen LogP contribution in [0.15, 0.2) is 23.8 Å². The molecule has 0 radical (unpaired) electrons. The molecule has 3 heteroatoms. The second-order valence-corrected chi connectivity index (χ2v) is 3.95. The molecule has 0 saturated heterocycles. The Morgan fingerprint density at radius 2 is 2.56 bits per heavy atom. The van der Waals surface area contributed by atoms with Gasteiger partial charge < -0.3 is 4.52 Å². The molecule has 0 aromatic carbocycles. The molecule has 0 aliphatic carbocycles. The maximum Gasteiger partial charge on any atom is 0.246 e. The summed E-state index contributed by atoms with van der Waals surface area (Å²) in [6, 6.07) is 0. The topological polar surface area (TPSA) is 26.3 Å². The van der Waals surface area contributed by atoms with Crippen LogP contribution in [0.4, 0.5) is 0 Å². The molecule has 0 saturated carbocycles. The van der Waals surface area contributed by atoms with Gasteiger partial charge in [-0.3, -0.25) is 4.57 Å². The van der Waals surface area contributed by atoms with Gasteiger partial charge in [0.15, 0.2) is 0 Å². The van der Waals surface area contributed by atoms with Crippen molar-refractivity contribution < 1.29 is 9.09 Å². The van der Waals surface area contributed by atoms with E-state index < -0.39 is 7.37 Å². The van der Waals surface area contributed by atoms with Gasteiger partial charge in [-0.1, -0.05) is 12.2 Å². The van der Waals surface area contributed by atoms with E-state index in [1.165, 1.54) is 0 Å². The molecule has 0 aromatic rings. The Balaban J connectivity index is 2.75. The maximum absolute atomic E-state index is 11.2. The van der Waals surface area contributed by atoms with Crippen LogP contribution in [0.1, 0.15) is 6.92 Å². The Hall–Kier alpha value is -0.330. The predicted molar refractivity (Wildman–Crippen MR) is 37.5 cm³/mol. The summed E-state index contributed by atoms with van der Waals surface area (Å²) in [6.45, 7) is 2.32. The second kappa shape index (κ2) is 2.51. The quantitative estimate of drug-likeness (QED) is 0.528. The van der Waals surface area contributed by atoms with Crippen LogP contribution in [-0.2, 0) is 9.09 Å².